The fraction of sp³-hybridized carbons (Fsp3) is 0.323. The van der Waals surface area contributed by atoms with Crippen molar-refractivity contribution in [3.05, 3.63) is 191 Å². The van der Waals surface area contributed by atoms with Gasteiger partial charge in [-0.15, -0.1) is 0 Å². The van der Waals surface area contributed by atoms with Crippen molar-refractivity contribution in [3.63, 3.8) is 0 Å². The summed E-state index contributed by atoms with van der Waals surface area (Å²) in [4.78, 5) is 67.8. The molecule has 8 aromatic rings. The van der Waals surface area contributed by atoms with Gasteiger partial charge in [0.25, 0.3) is 0 Å². The number of carbonyl (C=O) groups excluding carboxylic acids is 4. The predicted molar refractivity (Wildman–Crippen MR) is 294 cm³/mol. The molecule has 2 saturated heterocycles. The minimum Gasteiger partial charge on any atom is -0.416 e. The van der Waals surface area contributed by atoms with Gasteiger partial charge in [0.1, 0.15) is 11.6 Å². The van der Waals surface area contributed by atoms with E-state index in [0.29, 0.717) is 36.7 Å². The standard InChI is InChI=1S/C62H64F2N8O6/c63-47-13-7-43(8-14-47)21-31-69-33-23-51(24-34-69)71-41-57(53-17-11-45(37-55(53)71)39-59(73)67-29-19-49-5-1-3-27-65-49)77-61(75)62(76)78-58-42-72(52-25-35-70(36-26-52)32-22-44-9-15-48(64)16-10-44)56-38-46(12-18-54(56)58)40-60(74)68-30-20-50-6-2-4-28-66-50/h1-18,27-28,37-38,41-42,51-52H,19-26,29-36,39-40H2,(H,67,73)(H,68,74). The molecule has 78 heavy (non-hydrogen) atoms. The average molecular weight is 1060 g/mol. The molecule has 10 rings (SSSR count). The van der Waals surface area contributed by atoms with Crippen molar-refractivity contribution in [2.75, 3.05) is 52.4 Å². The molecule has 0 aliphatic carbocycles. The quantitative estimate of drug-likeness (QED) is 0.0560. The Hall–Kier alpha value is -8.08. The topological polar surface area (TPSA) is 153 Å². The van der Waals surface area contributed by atoms with Crippen molar-refractivity contribution < 1.29 is 37.4 Å². The second kappa shape index (κ2) is 25.4. The summed E-state index contributed by atoms with van der Waals surface area (Å²) >= 11 is 0. The minimum absolute atomic E-state index is 0.0341. The number of pyridine rings is 2. The van der Waals surface area contributed by atoms with Gasteiger partial charge >= 0.3 is 11.9 Å². The first kappa shape index (κ1) is 53.3. The molecule has 2 fully saturated rings. The molecular weight excluding hydrogens is 991 g/mol. The van der Waals surface area contributed by atoms with E-state index in [4.69, 9.17) is 9.47 Å². The Morgan fingerprint density at radius 1 is 0.500 bits per heavy atom. The van der Waals surface area contributed by atoms with Gasteiger partial charge in [0.2, 0.25) is 11.8 Å². The van der Waals surface area contributed by atoms with E-state index in [1.807, 2.05) is 97.1 Å². The molecule has 14 nitrogen and oxygen atoms in total. The van der Waals surface area contributed by atoms with E-state index in [2.05, 4.69) is 39.5 Å². The van der Waals surface area contributed by atoms with Crippen LogP contribution in [-0.2, 0) is 57.7 Å². The zero-order chi connectivity index (χ0) is 53.8. The van der Waals surface area contributed by atoms with Crippen LogP contribution in [0.4, 0.5) is 8.78 Å². The van der Waals surface area contributed by atoms with E-state index in [9.17, 15) is 28.0 Å². The first-order valence-corrected chi connectivity index (χ1v) is 27.0. The van der Waals surface area contributed by atoms with Crippen LogP contribution < -0.4 is 20.1 Å². The first-order valence-electron chi connectivity index (χ1n) is 27.0. The van der Waals surface area contributed by atoms with E-state index in [1.165, 1.54) is 24.3 Å². The molecule has 0 radical (unpaired) electrons. The summed E-state index contributed by atoms with van der Waals surface area (Å²) in [5, 5.41) is 7.24. The molecule has 6 heterocycles. The minimum atomic E-state index is -1.18. The third-order valence-corrected chi connectivity index (χ3v) is 15.0. The fourth-order valence-corrected chi connectivity index (χ4v) is 10.8. The van der Waals surface area contributed by atoms with E-state index < -0.39 is 11.9 Å². The molecule has 2 aliphatic heterocycles. The van der Waals surface area contributed by atoms with Gasteiger partial charge in [0.15, 0.2) is 11.5 Å². The molecule has 0 bridgehead atoms. The number of halogens is 2. The van der Waals surface area contributed by atoms with E-state index in [0.717, 1.165) is 122 Å². The summed E-state index contributed by atoms with van der Waals surface area (Å²) in [5.41, 5.74) is 7.04. The van der Waals surface area contributed by atoms with Crippen molar-refractivity contribution >= 4 is 45.6 Å². The van der Waals surface area contributed by atoms with E-state index >= 15 is 0 Å². The lowest BCUT2D eigenvalue weighted by Crippen LogP contribution is -2.35. The largest absolute Gasteiger partial charge is 0.423 e. The Labute approximate surface area is 452 Å². The Bertz CT molecular complexity index is 3110. The number of aromatic nitrogens is 4. The lowest BCUT2D eigenvalue weighted by atomic mass is 10.0. The number of esters is 2. The highest BCUT2D eigenvalue weighted by atomic mass is 19.1. The summed E-state index contributed by atoms with van der Waals surface area (Å²) in [6.45, 7) is 5.82. The van der Waals surface area contributed by atoms with Crippen molar-refractivity contribution in [3.8, 4) is 11.5 Å². The summed E-state index contributed by atoms with van der Waals surface area (Å²) in [6, 6.07) is 35.9. The maximum absolute atomic E-state index is 14.0. The number of piperidine rings is 2. The maximum atomic E-state index is 14.0. The highest BCUT2D eigenvalue weighted by Crippen LogP contribution is 2.37. The fourth-order valence-electron chi connectivity index (χ4n) is 10.8. The van der Waals surface area contributed by atoms with Crippen LogP contribution in [0, 0.1) is 11.6 Å². The van der Waals surface area contributed by atoms with Crippen molar-refractivity contribution in [1.82, 2.24) is 39.5 Å². The van der Waals surface area contributed by atoms with Gasteiger partial charge in [0.05, 0.1) is 23.9 Å². The molecule has 2 N–H and O–H groups in total. The zero-order valence-electron chi connectivity index (χ0n) is 43.6. The second-order valence-corrected chi connectivity index (χ2v) is 20.4. The van der Waals surface area contributed by atoms with Crippen LogP contribution in [0.1, 0.15) is 71.4 Å². The summed E-state index contributed by atoms with van der Waals surface area (Å²) in [5.74, 6) is -2.74. The van der Waals surface area contributed by atoms with Crippen LogP contribution in [0.25, 0.3) is 21.8 Å². The van der Waals surface area contributed by atoms with Crippen LogP contribution in [-0.4, -0.2) is 105 Å². The number of hydrogen-bond donors (Lipinski definition) is 2. The monoisotopic (exact) mass is 1050 g/mol. The smallest absolute Gasteiger partial charge is 0.416 e. The van der Waals surface area contributed by atoms with Crippen LogP contribution in [0.15, 0.2) is 146 Å². The zero-order valence-corrected chi connectivity index (χ0v) is 43.6. The molecular formula is C62H64F2N8O6. The van der Waals surface area contributed by atoms with Gasteiger partial charge in [0, 0.05) is 124 Å². The molecule has 4 aromatic heterocycles. The van der Waals surface area contributed by atoms with Crippen molar-refractivity contribution in [2.45, 2.75) is 76.3 Å². The van der Waals surface area contributed by atoms with Gasteiger partial charge in [-0.1, -0.05) is 48.5 Å². The number of hydrogen-bond acceptors (Lipinski definition) is 10. The summed E-state index contributed by atoms with van der Waals surface area (Å²) in [7, 11) is 0. The number of likely N-dealkylation sites (tertiary alicyclic amines) is 2. The van der Waals surface area contributed by atoms with Crippen LogP contribution in [0.5, 0.6) is 11.5 Å². The van der Waals surface area contributed by atoms with Gasteiger partial charge < -0.3 is 39.0 Å². The Balaban J connectivity index is 0.845. The summed E-state index contributed by atoms with van der Waals surface area (Å²) in [6.07, 6.45) is 13.3. The second-order valence-electron chi connectivity index (χ2n) is 20.4. The number of benzene rings is 4. The van der Waals surface area contributed by atoms with Gasteiger partial charge in [-0.3, -0.25) is 19.6 Å². The van der Waals surface area contributed by atoms with Crippen LogP contribution >= 0.6 is 0 Å². The van der Waals surface area contributed by atoms with Gasteiger partial charge in [-0.25, -0.2) is 18.4 Å². The Morgan fingerprint density at radius 2 is 0.897 bits per heavy atom. The highest BCUT2D eigenvalue weighted by molar-refractivity contribution is 6.31. The van der Waals surface area contributed by atoms with Gasteiger partial charge in [-0.05, 0) is 134 Å². The molecule has 402 valence electrons. The summed E-state index contributed by atoms with van der Waals surface area (Å²) < 4.78 is 43.3. The molecule has 2 amide bonds. The number of nitrogens with one attached hydrogen (secondary N) is 2. The Morgan fingerprint density at radius 3 is 1.28 bits per heavy atom. The lowest BCUT2D eigenvalue weighted by Gasteiger charge is -2.33. The molecule has 0 atom stereocenters. The van der Waals surface area contributed by atoms with E-state index in [-0.39, 0.29) is 59.9 Å². The van der Waals surface area contributed by atoms with Crippen LogP contribution in [0.3, 0.4) is 0 Å². The van der Waals surface area contributed by atoms with Crippen molar-refractivity contribution in [1.29, 1.82) is 0 Å². The normalized spacial score (nSPS) is 14.6. The van der Waals surface area contributed by atoms with Gasteiger partial charge in [-0.2, -0.15) is 0 Å². The SMILES string of the molecule is O=C(Cc1ccc2c(OC(=O)C(=O)Oc3cn(C4CCN(CCc5ccc(F)cc5)CC4)c4cc(CC(=O)NCCc5ccccn5)ccc34)cn(C3CCN(CCc4ccc(F)cc4)CC3)c2c1)NCCc1ccccn1. The lowest BCUT2D eigenvalue weighted by molar-refractivity contribution is -0.156. The number of fused-ring (bicyclic) bond motifs is 2. The highest BCUT2D eigenvalue weighted by Gasteiger charge is 2.29. The molecule has 4 aromatic carbocycles. The molecule has 0 spiro atoms. The van der Waals surface area contributed by atoms with Crippen LogP contribution in [0.2, 0.25) is 0 Å². The number of rotatable bonds is 20. The van der Waals surface area contributed by atoms with Crippen molar-refractivity contribution in [2.24, 2.45) is 0 Å². The number of amides is 2. The molecule has 16 heteroatoms. The predicted octanol–water partition coefficient (Wildman–Crippen LogP) is 8.74. The molecule has 2 aliphatic rings. The number of nitrogens with zero attached hydrogens (tertiary/aromatic N) is 6. The third-order valence-electron chi connectivity index (χ3n) is 15.0. The number of carbonyl (C=O) groups is 4. The average Bonchev–Trinajstić information content (AvgIpc) is 4.03. The third kappa shape index (κ3) is 13.9. The Kier molecular flexibility index (Phi) is 17.4. The maximum Gasteiger partial charge on any atom is 0.423 e. The first-order chi connectivity index (χ1) is 38.1. The molecule has 0 saturated carbocycles. The molecule has 0 unspecified atom stereocenters. The number of ether oxygens (including phenoxy) is 2. The van der Waals surface area contributed by atoms with E-state index in [1.54, 1.807) is 24.8 Å².